The fourth-order valence-corrected chi connectivity index (χ4v) is 2.50. The Labute approximate surface area is 118 Å². The Kier molecular flexibility index (Phi) is 2.81. The van der Waals surface area contributed by atoms with E-state index in [1.54, 1.807) is 24.3 Å². The molecule has 0 amide bonds. The highest BCUT2D eigenvalue weighted by Crippen LogP contribution is 2.47. The average Bonchev–Trinajstić information content (AvgIpc) is 2.42. The third-order valence-corrected chi connectivity index (χ3v) is 3.75. The summed E-state index contributed by atoms with van der Waals surface area (Å²) in [6.45, 7) is 0. The number of nitro benzene ring substituents is 1. The second-order valence-corrected chi connectivity index (χ2v) is 5.69. The van der Waals surface area contributed by atoms with Crippen LogP contribution in [0.2, 0.25) is 0 Å². The smallest absolute Gasteiger partial charge is 0.297 e. The zero-order valence-corrected chi connectivity index (χ0v) is 11.1. The van der Waals surface area contributed by atoms with Crippen molar-refractivity contribution in [1.29, 1.82) is 0 Å². The first-order valence-electron chi connectivity index (χ1n) is 5.70. The van der Waals surface area contributed by atoms with Crippen LogP contribution in [0.4, 0.5) is 17.1 Å². The molecule has 0 atom stereocenters. The van der Waals surface area contributed by atoms with E-state index in [-0.39, 0.29) is 11.4 Å². The van der Waals surface area contributed by atoms with Crippen molar-refractivity contribution >= 4 is 27.2 Å². The molecule has 0 saturated carbocycles. The van der Waals surface area contributed by atoms with Crippen LogP contribution in [0, 0.1) is 10.1 Å². The van der Waals surface area contributed by atoms with Crippen LogP contribution in [-0.2, 0) is 10.1 Å². The molecule has 3 rings (SSSR count). The second-order valence-electron chi connectivity index (χ2n) is 4.27. The highest BCUT2D eigenvalue weighted by atomic mass is 32.2. The summed E-state index contributed by atoms with van der Waals surface area (Å²) in [5, 5.41) is 13.9. The predicted molar refractivity (Wildman–Crippen MR) is 72.7 cm³/mol. The van der Waals surface area contributed by atoms with E-state index in [9.17, 15) is 18.5 Å². The van der Waals surface area contributed by atoms with Crippen molar-refractivity contribution in [3.8, 4) is 11.5 Å². The molecule has 0 aliphatic carbocycles. The highest BCUT2D eigenvalue weighted by Gasteiger charge is 2.28. The maximum atomic E-state index is 11.2. The Hall–Kier alpha value is -2.65. The van der Waals surface area contributed by atoms with Crippen molar-refractivity contribution in [1.82, 2.24) is 0 Å². The maximum absolute atomic E-state index is 11.2. The van der Waals surface area contributed by atoms with Crippen LogP contribution in [0.15, 0.2) is 41.3 Å². The summed E-state index contributed by atoms with van der Waals surface area (Å²) < 4.78 is 36.9. The predicted octanol–water partition coefficient (Wildman–Crippen LogP) is 2.69. The normalized spacial score (nSPS) is 12.6. The van der Waals surface area contributed by atoms with Gasteiger partial charge in [-0.3, -0.25) is 14.7 Å². The fraction of sp³-hybridized carbons (Fsp3) is 0. The number of ether oxygens (including phenoxy) is 1. The first-order chi connectivity index (χ1) is 9.86. The summed E-state index contributed by atoms with van der Waals surface area (Å²) in [7, 11) is -4.58. The van der Waals surface area contributed by atoms with Crippen molar-refractivity contribution in [2.45, 2.75) is 4.90 Å². The van der Waals surface area contributed by atoms with Crippen molar-refractivity contribution in [2.75, 3.05) is 5.32 Å². The van der Waals surface area contributed by atoms with E-state index in [1.165, 1.54) is 0 Å². The molecule has 1 heterocycles. The molecule has 0 radical (unpaired) electrons. The summed E-state index contributed by atoms with van der Waals surface area (Å²) in [5.41, 5.74) is 0.0495. The van der Waals surface area contributed by atoms with E-state index in [0.717, 1.165) is 12.1 Å². The molecule has 0 fully saturated rings. The van der Waals surface area contributed by atoms with Crippen molar-refractivity contribution in [3.63, 3.8) is 0 Å². The molecule has 108 valence electrons. The minimum absolute atomic E-state index is 0.0334. The molecule has 21 heavy (non-hydrogen) atoms. The van der Waals surface area contributed by atoms with Gasteiger partial charge in [-0.25, -0.2) is 0 Å². The number of hydrogen-bond donors (Lipinski definition) is 2. The lowest BCUT2D eigenvalue weighted by atomic mass is 10.2. The first kappa shape index (κ1) is 13.3. The van der Waals surface area contributed by atoms with Crippen LogP contribution in [0.25, 0.3) is 0 Å². The van der Waals surface area contributed by atoms with Crippen LogP contribution in [0.5, 0.6) is 11.5 Å². The molecule has 2 aromatic carbocycles. The summed E-state index contributed by atoms with van der Waals surface area (Å²) in [6.07, 6.45) is 0. The number of benzene rings is 2. The van der Waals surface area contributed by atoms with Gasteiger partial charge in [-0.2, -0.15) is 8.42 Å². The minimum atomic E-state index is -4.58. The van der Waals surface area contributed by atoms with E-state index in [1.807, 2.05) is 0 Å². The number of nitrogens with one attached hydrogen (secondary N) is 1. The van der Waals surface area contributed by atoms with Crippen LogP contribution in [0.3, 0.4) is 0 Å². The van der Waals surface area contributed by atoms with Gasteiger partial charge in [0.05, 0.1) is 10.6 Å². The largest absolute Gasteiger partial charge is 0.453 e. The summed E-state index contributed by atoms with van der Waals surface area (Å²) in [4.78, 5) is 9.74. The van der Waals surface area contributed by atoms with Crippen LogP contribution in [0.1, 0.15) is 0 Å². The molecule has 0 aromatic heterocycles. The van der Waals surface area contributed by atoms with Crippen LogP contribution in [-0.4, -0.2) is 17.9 Å². The van der Waals surface area contributed by atoms with Gasteiger partial charge in [0, 0.05) is 12.1 Å². The molecule has 0 bridgehead atoms. The number of anilines is 2. The van der Waals surface area contributed by atoms with Gasteiger partial charge in [-0.05, 0) is 12.1 Å². The minimum Gasteiger partial charge on any atom is -0.453 e. The Morgan fingerprint density at radius 2 is 1.90 bits per heavy atom. The van der Waals surface area contributed by atoms with Gasteiger partial charge in [0.1, 0.15) is 4.90 Å². The topological polar surface area (TPSA) is 119 Å². The first-order valence-corrected chi connectivity index (χ1v) is 7.14. The quantitative estimate of drug-likeness (QED) is 0.424. The lowest BCUT2D eigenvalue weighted by molar-refractivity contribution is -0.384. The van der Waals surface area contributed by atoms with Crippen LogP contribution >= 0.6 is 0 Å². The average molecular weight is 308 g/mol. The van der Waals surface area contributed by atoms with Crippen molar-refractivity contribution in [3.05, 3.63) is 46.5 Å². The number of para-hydroxylation sites is 2. The van der Waals surface area contributed by atoms with Gasteiger partial charge in [-0.1, -0.05) is 12.1 Å². The summed E-state index contributed by atoms with van der Waals surface area (Å²) in [6, 6.07) is 8.51. The molecular weight excluding hydrogens is 300 g/mol. The Morgan fingerprint density at radius 1 is 1.19 bits per heavy atom. The molecule has 1 aliphatic rings. The van der Waals surface area contributed by atoms with Gasteiger partial charge >= 0.3 is 0 Å². The molecule has 0 saturated heterocycles. The lowest BCUT2D eigenvalue weighted by Gasteiger charge is -2.21. The molecule has 8 nitrogen and oxygen atoms in total. The molecular formula is C12H8N2O6S. The third-order valence-electron chi connectivity index (χ3n) is 2.92. The molecule has 9 heteroatoms. The van der Waals surface area contributed by atoms with Gasteiger partial charge in [0.15, 0.2) is 17.2 Å². The summed E-state index contributed by atoms with van der Waals surface area (Å²) in [5.74, 6) is 0.349. The van der Waals surface area contributed by atoms with E-state index in [4.69, 9.17) is 9.29 Å². The standard InChI is InChI=1S/C12H8N2O6S/c15-14(16)9-5-7(21(17,18)19)6-11-12(9)13-8-3-1-2-4-10(8)20-11/h1-6,13H,(H,17,18,19). The SMILES string of the molecule is O=[N+]([O-])c1cc(S(=O)(=O)O)cc2c1Nc1ccccc1O2. The lowest BCUT2D eigenvalue weighted by Crippen LogP contribution is -2.08. The fourth-order valence-electron chi connectivity index (χ4n) is 1.99. The Balaban J connectivity index is 2.23. The highest BCUT2D eigenvalue weighted by molar-refractivity contribution is 7.85. The molecule has 2 N–H and O–H groups in total. The molecule has 0 unspecified atom stereocenters. The van der Waals surface area contributed by atoms with Gasteiger partial charge in [0.2, 0.25) is 0 Å². The third kappa shape index (κ3) is 2.28. The van der Waals surface area contributed by atoms with Crippen LogP contribution < -0.4 is 10.1 Å². The number of nitro groups is 1. The molecule has 1 aliphatic heterocycles. The van der Waals surface area contributed by atoms with E-state index < -0.39 is 25.6 Å². The zero-order chi connectivity index (χ0) is 15.2. The van der Waals surface area contributed by atoms with Gasteiger partial charge in [0.25, 0.3) is 15.8 Å². The van der Waals surface area contributed by atoms with Crippen molar-refractivity contribution < 1.29 is 22.6 Å². The maximum Gasteiger partial charge on any atom is 0.297 e. The van der Waals surface area contributed by atoms with Crippen molar-refractivity contribution in [2.24, 2.45) is 0 Å². The summed E-state index contributed by atoms with van der Waals surface area (Å²) >= 11 is 0. The second kappa shape index (κ2) is 4.43. The van der Waals surface area contributed by atoms with Gasteiger partial charge < -0.3 is 10.1 Å². The number of nitrogens with zero attached hydrogens (tertiary/aromatic N) is 1. The van der Waals surface area contributed by atoms with Gasteiger partial charge in [-0.15, -0.1) is 0 Å². The van der Waals surface area contributed by atoms with E-state index in [0.29, 0.717) is 11.4 Å². The molecule has 2 aromatic rings. The molecule has 0 spiro atoms. The Morgan fingerprint density at radius 3 is 2.57 bits per heavy atom. The van der Waals surface area contributed by atoms with E-state index in [2.05, 4.69) is 5.32 Å². The zero-order valence-electron chi connectivity index (χ0n) is 10.3. The number of hydrogen-bond acceptors (Lipinski definition) is 6. The Bertz CT molecular complexity index is 862. The number of fused-ring (bicyclic) bond motifs is 2. The number of rotatable bonds is 2. The van der Waals surface area contributed by atoms with E-state index >= 15 is 0 Å². The monoisotopic (exact) mass is 308 g/mol.